The second-order valence-electron chi connectivity index (χ2n) is 11.3. The van der Waals surface area contributed by atoms with Crippen LogP contribution in [0.25, 0.3) is 0 Å². The summed E-state index contributed by atoms with van der Waals surface area (Å²) in [6.45, 7) is 7.31. The van der Waals surface area contributed by atoms with Crippen molar-refractivity contribution in [1.29, 1.82) is 0 Å². The average Bonchev–Trinajstić information content (AvgIpc) is 3.09. The van der Waals surface area contributed by atoms with E-state index in [9.17, 15) is 14.7 Å². The number of nitrogens with zero attached hydrogens (tertiary/aromatic N) is 2. The number of amides is 2. The summed E-state index contributed by atoms with van der Waals surface area (Å²) in [5, 5.41) is 14.5. The highest BCUT2D eigenvalue weighted by Gasteiger charge is 2.49. The molecule has 1 aromatic rings. The van der Waals surface area contributed by atoms with E-state index in [2.05, 4.69) is 5.32 Å². The summed E-state index contributed by atoms with van der Waals surface area (Å²) in [7, 11) is 5.48. The lowest BCUT2D eigenvalue weighted by atomic mass is 9.71. The quantitative estimate of drug-likeness (QED) is 0.464. The molecule has 1 aromatic carbocycles. The van der Waals surface area contributed by atoms with Crippen LogP contribution >= 0.6 is 12.4 Å². The fourth-order valence-electron chi connectivity index (χ4n) is 5.21. The highest BCUT2D eigenvalue weighted by Crippen LogP contribution is 2.39. The molecule has 0 radical (unpaired) electrons. The molecule has 0 saturated heterocycles. The van der Waals surface area contributed by atoms with Crippen LogP contribution in [0.3, 0.4) is 0 Å². The lowest BCUT2D eigenvalue weighted by Gasteiger charge is -2.43. The molecule has 3 rings (SSSR count). The highest BCUT2D eigenvalue weighted by atomic mass is 35.5. The van der Waals surface area contributed by atoms with Gasteiger partial charge in [-0.3, -0.25) is 9.69 Å². The van der Waals surface area contributed by atoms with Crippen molar-refractivity contribution in [2.45, 2.75) is 83.9 Å². The molecule has 0 bridgehead atoms. The number of halogens is 1. The van der Waals surface area contributed by atoms with Gasteiger partial charge in [-0.25, -0.2) is 4.79 Å². The first-order valence-electron chi connectivity index (χ1n) is 13.0. The molecule has 8 heteroatoms. The Balaban J connectivity index is 0.00000481. The van der Waals surface area contributed by atoms with E-state index < -0.39 is 23.1 Å². The first-order chi connectivity index (χ1) is 16.9. The molecule has 2 amide bonds. The summed E-state index contributed by atoms with van der Waals surface area (Å²) in [5.41, 5.74) is 0.374. The third-order valence-electron chi connectivity index (χ3n) is 7.44. The largest absolute Gasteiger partial charge is 0.497 e. The minimum atomic E-state index is -1.63. The minimum absolute atomic E-state index is 0. The van der Waals surface area contributed by atoms with Crippen molar-refractivity contribution < 1.29 is 19.4 Å². The topological polar surface area (TPSA) is 82.1 Å². The zero-order valence-corrected chi connectivity index (χ0v) is 24.2. The lowest BCUT2D eigenvalue weighted by molar-refractivity contribution is -0.124. The molecular weight excluding hydrogens is 490 g/mol. The Morgan fingerprint density at radius 2 is 1.57 bits per heavy atom. The molecule has 37 heavy (non-hydrogen) atoms. The number of aliphatic hydroxyl groups excluding tert-OH is 1. The molecule has 2 aliphatic carbocycles. The molecule has 7 nitrogen and oxygen atoms in total. The second kappa shape index (κ2) is 12.4. The van der Waals surface area contributed by atoms with E-state index in [0.717, 1.165) is 49.9 Å². The zero-order chi connectivity index (χ0) is 26.7. The molecule has 0 aromatic heterocycles. The van der Waals surface area contributed by atoms with Crippen molar-refractivity contribution in [2.75, 3.05) is 31.0 Å². The predicted molar refractivity (Wildman–Crippen MR) is 153 cm³/mol. The number of Topliss-reactive ketones (excluding diaryl/α,β-unsaturated/α-hetero) is 1. The van der Waals surface area contributed by atoms with Gasteiger partial charge in [-0.2, -0.15) is 0 Å². The van der Waals surface area contributed by atoms with E-state index in [-0.39, 0.29) is 24.2 Å². The maximum Gasteiger partial charge on any atom is 0.323 e. The van der Waals surface area contributed by atoms with E-state index in [0.29, 0.717) is 11.3 Å². The Hall–Kier alpha value is -2.51. The average molecular weight is 534 g/mol. The molecule has 1 fully saturated rings. The molecule has 1 saturated carbocycles. The lowest BCUT2D eigenvalue weighted by Crippen LogP contribution is -2.65. The number of hydrogen-bond acceptors (Lipinski definition) is 5. The van der Waals surface area contributed by atoms with Crippen LogP contribution in [0, 0.1) is 5.41 Å². The van der Waals surface area contributed by atoms with Crippen LogP contribution in [0.5, 0.6) is 0 Å². The number of allylic oxidation sites excluding steroid dienone is 1. The van der Waals surface area contributed by atoms with Crippen LogP contribution in [0.4, 0.5) is 16.2 Å². The van der Waals surface area contributed by atoms with Gasteiger partial charge in [0.05, 0.1) is 7.11 Å². The summed E-state index contributed by atoms with van der Waals surface area (Å²) in [6.07, 6.45) is 8.29. The van der Waals surface area contributed by atoms with Crippen molar-refractivity contribution in [3.8, 4) is 0 Å². The van der Waals surface area contributed by atoms with E-state index in [1.807, 2.05) is 64.0 Å². The Labute approximate surface area is 228 Å². The fourth-order valence-corrected chi connectivity index (χ4v) is 5.21. The van der Waals surface area contributed by atoms with Gasteiger partial charge in [0.1, 0.15) is 11.9 Å². The molecular formula is C29H44ClN3O4. The van der Waals surface area contributed by atoms with Gasteiger partial charge in [0.15, 0.2) is 11.3 Å². The summed E-state index contributed by atoms with van der Waals surface area (Å²) in [5.74, 6) is 0.0913. The van der Waals surface area contributed by atoms with Crippen LogP contribution in [0.1, 0.15) is 66.2 Å². The molecule has 0 heterocycles. The van der Waals surface area contributed by atoms with E-state index in [1.54, 1.807) is 17.1 Å². The molecule has 0 aliphatic heterocycles. The molecule has 2 N–H and O–H groups in total. The summed E-state index contributed by atoms with van der Waals surface area (Å²) >= 11 is 0. The number of aliphatic hydroxyl groups is 1. The first-order valence-corrected chi connectivity index (χ1v) is 13.0. The number of ether oxygens (including phenoxy) is 1. The van der Waals surface area contributed by atoms with Crippen molar-refractivity contribution in [1.82, 2.24) is 5.32 Å². The molecule has 2 aliphatic rings. The standard InChI is InChI=1S/C29H43N3O4.ClH/c1-20(33)29(19-24(36-7)18-25(26(29)34)28(2,3)4)30-27(35)32(22-12-10-8-9-11-13-22)23-16-14-21(15-17-23)31(5)6;/h14-19,22,26,34H,8-13H2,1-7H3,(H,30,35);1H. The Bertz CT molecular complexity index is 1000. The summed E-state index contributed by atoms with van der Waals surface area (Å²) in [4.78, 5) is 31.1. The van der Waals surface area contributed by atoms with Crippen LogP contribution in [0.2, 0.25) is 0 Å². The van der Waals surface area contributed by atoms with Gasteiger partial charge in [0.25, 0.3) is 0 Å². The van der Waals surface area contributed by atoms with Gasteiger partial charge >= 0.3 is 6.03 Å². The van der Waals surface area contributed by atoms with E-state index >= 15 is 0 Å². The number of hydrogen-bond donors (Lipinski definition) is 2. The summed E-state index contributed by atoms with van der Waals surface area (Å²) < 4.78 is 5.52. The predicted octanol–water partition coefficient (Wildman–Crippen LogP) is 5.62. The van der Waals surface area contributed by atoms with Crippen molar-refractivity contribution >= 4 is 35.6 Å². The third kappa shape index (κ3) is 6.68. The molecule has 206 valence electrons. The Morgan fingerprint density at radius 3 is 2.03 bits per heavy atom. The number of urea groups is 1. The second-order valence-corrected chi connectivity index (χ2v) is 11.3. The number of rotatable bonds is 6. The fraction of sp³-hybridized carbons (Fsp3) is 0.586. The Kier molecular flexibility index (Phi) is 10.3. The van der Waals surface area contributed by atoms with Crippen LogP contribution < -0.4 is 15.1 Å². The van der Waals surface area contributed by atoms with Crippen molar-refractivity contribution in [3.63, 3.8) is 0 Å². The number of carbonyl (C=O) groups is 2. The SMILES string of the molecule is COC1=CC(NC(=O)N(c2ccc(N(C)C)cc2)C2CCCCCC2)(C(C)=O)C(O)C(C(C)(C)C)=C1.Cl. The van der Waals surface area contributed by atoms with Crippen LogP contribution in [-0.2, 0) is 9.53 Å². The van der Waals surface area contributed by atoms with E-state index in [1.165, 1.54) is 14.0 Å². The van der Waals surface area contributed by atoms with Gasteiger partial charge < -0.3 is 20.1 Å². The van der Waals surface area contributed by atoms with Gasteiger partial charge in [0.2, 0.25) is 0 Å². The molecule has 0 spiro atoms. The highest BCUT2D eigenvalue weighted by molar-refractivity contribution is 6.00. The first kappa shape index (κ1) is 30.7. The number of ketones is 1. The van der Waals surface area contributed by atoms with Crippen LogP contribution in [0.15, 0.2) is 47.7 Å². The number of methoxy groups -OCH3 is 1. The number of nitrogens with one attached hydrogen (secondary N) is 1. The van der Waals surface area contributed by atoms with Crippen molar-refractivity contribution in [2.24, 2.45) is 5.41 Å². The molecule has 2 unspecified atom stereocenters. The third-order valence-corrected chi connectivity index (χ3v) is 7.44. The monoisotopic (exact) mass is 533 g/mol. The maximum atomic E-state index is 14.1. The smallest absolute Gasteiger partial charge is 0.323 e. The number of benzene rings is 1. The van der Waals surface area contributed by atoms with Crippen LogP contribution in [-0.4, -0.2) is 55.8 Å². The Morgan fingerprint density at radius 1 is 1.03 bits per heavy atom. The van der Waals surface area contributed by atoms with Gasteiger partial charge in [-0.15, -0.1) is 12.4 Å². The van der Waals surface area contributed by atoms with E-state index in [4.69, 9.17) is 4.74 Å². The maximum absolute atomic E-state index is 14.1. The van der Waals surface area contributed by atoms with Crippen molar-refractivity contribution in [3.05, 3.63) is 47.7 Å². The summed E-state index contributed by atoms with van der Waals surface area (Å²) in [6, 6.07) is 7.50. The normalized spacial score (nSPS) is 22.5. The van der Waals surface area contributed by atoms with Gasteiger partial charge in [-0.1, -0.05) is 46.5 Å². The zero-order valence-electron chi connectivity index (χ0n) is 23.3. The minimum Gasteiger partial charge on any atom is -0.497 e. The molecule has 2 atom stereocenters. The van der Waals surface area contributed by atoms with Gasteiger partial charge in [0, 0.05) is 31.5 Å². The number of anilines is 2. The number of carbonyl (C=O) groups excluding carboxylic acids is 2. The van der Waals surface area contributed by atoms with Gasteiger partial charge in [-0.05, 0) is 67.2 Å².